The minimum absolute atomic E-state index is 0.0450. The maximum absolute atomic E-state index is 12.5. The molecule has 3 rings (SSSR count). The van der Waals surface area contributed by atoms with E-state index in [-0.39, 0.29) is 44.4 Å². The lowest BCUT2D eigenvalue weighted by molar-refractivity contribution is -0.127. The summed E-state index contributed by atoms with van der Waals surface area (Å²) in [5.74, 6) is -0.0423. The van der Waals surface area contributed by atoms with Gasteiger partial charge in [0, 0.05) is 12.0 Å². The fourth-order valence-corrected chi connectivity index (χ4v) is 2.86. The number of Topliss-reactive ketones (excluding diaryl/α,β-unsaturated/α-hetero) is 2. The fourth-order valence-electron chi connectivity index (χ4n) is 2.86. The van der Waals surface area contributed by atoms with E-state index in [0.29, 0.717) is 16.9 Å². The van der Waals surface area contributed by atoms with E-state index >= 15 is 0 Å². The summed E-state index contributed by atoms with van der Waals surface area (Å²) in [5, 5.41) is 19.4. The number of benzene rings is 2. The molecule has 6 nitrogen and oxygen atoms in total. The average molecular weight is 330 g/mol. The Balaban J connectivity index is 1.96. The van der Waals surface area contributed by atoms with E-state index in [9.17, 15) is 9.59 Å². The van der Waals surface area contributed by atoms with Gasteiger partial charge in [-0.25, -0.2) is 0 Å². The Morgan fingerprint density at radius 3 is 2.54 bits per heavy atom. The van der Waals surface area contributed by atoms with Crippen molar-refractivity contribution < 1.29 is 29.3 Å². The first-order valence-electron chi connectivity index (χ1n) is 7.74. The zero-order chi connectivity index (χ0) is 17.1. The van der Waals surface area contributed by atoms with E-state index in [1.807, 2.05) is 18.2 Å². The van der Waals surface area contributed by atoms with Crippen molar-refractivity contribution in [1.82, 2.24) is 0 Å². The summed E-state index contributed by atoms with van der Waals surface area (Å²) in [7, 11) is 0. The number of carbonyl (C=O) groups is 2. The predicted octanol–water partition coefficient (Wildman–Crippen LogP) is 0.896. The van der Waals surface area contributed by atoms with Crippen LogP contribution in [0.2, 0.25) is 0 Å². The van der Waals surface area contributed by atoms with E-state index in [1.165, 1.54) is 0 Å². The van der Waals surface area contributed by atoms with Crippen molar-refractivity contribution in [2.24, 2.45) is 0 Å². The molecule has 1 unspecified atom stereocenters. The highest BCUT2D eigenvalue weighted by Gasteiger charge is 2.35. The third-order valence-electron chi connectivity index (χ3n) is 3.93. The van der Waals surface area contributed by atoms with Crippen LogP contribution in [0.3, 0.4) is 0 Å². The van der Waals surface area contributed by atoms with Gasteiger partial charge in [-0.15, -0.1) is 0 Å². The van der Waals surface area contributed by atoms with Gasteiger partial charge in [0.2, 0.25) is 0 Å². The molecule has 2 aromatic rings. The fraction of sp³-hybridized carbons (Fsp3) is 0.333. The van der Waals surface area contributed by atoms with Crippen LogP contribution in [0.25, 0.3) is 10.8 Å². The second kappa shape index (κ2) is 7.09. The molecule has 126 valence electrons. The molecule has 2 N–H and O–H groups in total. The summed E-state index contributed by atoms with van der Waals surface area (Å²) >= 11 is 0. The molecule has 0 fully saturated rings. The number of aliphatic hydroxyl groups is 2. The lowest BCUT2D eigenvalue weighted by atomic mass is 9.86. The van der Waals surface area contributed by atoms with Crippen LogP contribution in [-0.4, -0.2) is 54.3 Å². The molecule has 1 atom stereocenters. The molecule has 6 heteroatoms. The number of ketones is 2. The van der Waals surface area contributed by atoms with Crippen molar-refractivity contribution in [3.8, 4) is 5.75 Å². The monoisotopic (exact) mass is 330 g/mol. The molecule has 2 aromatic carbocycles. The maximum Gasteiger partial charge on any atom is 0.199 e. The van der Waals surface area contributed by atoms with Crippen LogP contribution < -0.4 is 4.74 Å². The SMILES string of the molecule is O=C1Cc2cc3cc(OCCO)ccc3cc2C(=O)C1OCCO. The van der Waals surface area contributed by atoms with Crippen LogP contribution >= 0.6 is 0 Å². The lowest BCUT2D eigenvalue weighted by Gasteiger charge is -2.23. The number of fused-ring (bicyclic) bond motifs is 2. The van der Waals surface area contributed by atoms with E-state index in [0.717, 1.165) is 10.8 Å². The number of hydrogen-bond donors (Lipinski definition) is 2. The van der Waals surface area contributed by atoms with Crippen molar-refractivity contribution in [3.63, 3.8) is 0 Å². The van der Waals surface area contributed by atoms with E-state index in [1.54, 1.807) is 12.1 Å². The number of ether oxygens (including phenoxy) is 2. The van der Waals surface area contributed by atoms with E-state index in [2.05, 4.69) is 0 Å². The van der Waals surface area contributed by atoms with Gasteiger partial charge < -0.3 is 19.7 Å². The zero-order valence-electron chi connectivity index (χ0n) is 13.0. The molecule has 1 aliphatic rings. The second-order valence-electron chi connectivity index (χ2n) is 5.57. The quantitative estimate of drug-likeness (QED) is 0.764. The molecule has 0 spiro atoms. The minimum atomic E-state index is -1.13. The minimum Gasteiger partial charge on any atom is -0.491 e. The zero-order valence-corrected chi connectivity index (χ0v) is 13.0. The Kier molecular flexibility index (Phi) is 4.89. The van der Waals surface area contributed by atoms with Crippen LogP contribution in [0.5, 0.6) is 5.75 Å². The summed E-state index contributed by atoms with van der Waals surface area (Å²) in [6, 6.07) is 8.98. The molecular formula is C18H18O6. The normalized spacial score (nSPS) is 17.2. The smallest absolute Gasteiger partial charge is 0.199 e. The number of aliphatic hydroxyl groups excluding tert-OH is 2. The Labute approximate surface area is 138 Å². The number of rotatable bonds is 6. The van der Waals surface area contributed by atoms with Gasteiger partial charge in [0.25, 0.3) is 0 Å². The first kappa shape index (κ1) is 16.6. The van der Waals surface area contributed by atoms with Gasteiger partial charge in [0.15, 0.2) is 17.7 Å². The topological polar surface area (TPSA) is 93.1 Å². The molecule has 0 saturated carbocycles. The Morgan fingerprint density at radius 1 is 1.00 bits per heavy atom. The molecule has 0 aromatic heterocycles. The number of hydrogen-bond acceptors (Lipinski definition) is 6. The summed E-state index contributed by atoms with van der Waals surface area (Å²) in [4.78, 5) is 24.6. The molecule has 0 saturated heterocycles. The first-order chi connectivity index (χ1) is 11.6. The van der Waals surface area contributed by atoms with Crippen LogP contribution in [0, 0.1) is 0 Å². The van der Waals surface area contributed by atoms with Crippen LogP contribution in [0.15, 0.2) is 30.3 Å². The summed E-state index contributed by atoms with van der Waals surface area (Å²) in [6.45, 7) is -0.146. The molecule has 0 aliphatic heterocycles. The van der Waals surface area contributed by atoms with Gasteiger partial charge in [-0.1, -0.05) is 6.07 Å². The molecule has 0 bridgehead atoms. The predicted molar refractivity (Wildman–Crippen MR) is 86.4 cm³/mol. The van der Waals surface area contributed by atoms with Crippen molar-refractivity contribution >= 4 is 22.3 Å². The maximum atomic E-state index is 12.5. The van der Waals surface area contributed by atoms with E-state index < -0.39 is 6.10 Å². The molecule has 24 heavy (non-hydrogen) atoms. The Hall–Kier alpha value is -2.28. The van der Waals surface area contributed by atoms with Crippen molar-refractivity contribution in [1.29, 1.82) is 0 Å². The van der Waals surface area contributed by atoms with Gasteiger partial charge in [-0.2, -0.15) is 0 Å². The van der Waals surface area contributed by atoms with Crippen LogP contribution in [0.1, 0.15) is 15.9 Å². The van der Waals surface area contributed by atoms with Gasteiger partial charge in [-0.05, 0) is 40.6 Å². The molecule has 0 heterocycles. The van der Waals surface area contributed by atoms with Crippen molar-refractivity contribution in [3.05, 3.63) is 41.5 Å². The highest BCUT2D eigenvalue weighted by molar-refractivity contribution is 6.18. The van der Waals surface area contributed by atoms with Gasteiger partial charge in [-0.3, -0.25) is 9.59 Å². The standard InChI is InChI=1S/C18H18O6/c19-3-5-23-14-2-1-11-9-15-13(7-12(11)8-14)10-16(21)18(17(15)22)24-6-4-20/h1-2,7-9,18-20H,3-6,10H2. The Bertz CT molecular complexity index is 782. The van der Waals surface area contributed by atoms with Gasteiger partial charge in [0.1, 0.15) is 12.4 Å². The number of carbonyl (C=O) groups excluding carboxylic acids is 2. The third-order valence-corrected chi connectivity index (χ3v) is 3.93. The third kappa shape index (κ3) is 3.17. The van der Waals surface area contributed by atoms with E-state index in [4.69, 9.17) is 19.7 Å². The van der Waals surface area contributed by atoms with Gasteiger partial charge in [0.05, 0.1) is 19.8 Å². The largest absolute Gasteiger partial charge is 0.491 e. The van der Waals surface area contributed by atoms with Crippen LogP contribution in [0.4, 0.5) is 0 Å². The molecule has 0 radical (unpaired) electrons. The average Bonchev–Trinajstić information content (AvgIpc) is 2.58. The summed E-state index contributed by atoms with van der Waals surface area (Å²) < 4.78 is 10.6. The van der Waals surface area contributed by atoms with Crippen LogP contribution in [-0.2, 0) is 16.0 Å². The Morgan fingerprint density at radius 2 is 1.79 bits per heavy atom. The molecule has 0 amide bonds. The molecule has 1 aliphatic carbocycles. The van der Waals surface area contributed by atoms with Gasteiger partial charge >= 0.3 is 0 Å². The lowest BCUT2D eigenvalue weighted by Crippen LogP contribution is -2.39. The second-order valence-corrected chi connectivity index (χ2v) is 5.57. The van der Waals surface area contributed by atoms with Crippen molar-refractivity contribution in [2.45, 2.75) is 12.5 Å². The first-order valence-corrected chi connectivity index (χ1v) is 7.74. The highest BCUT2D eigenvalue weighted by Crippen LogP contribution is 2.29. The van der Waals surface area contributed by atoms with Crippen molar-refractivity contribution in [2.75, 3.05) is 26.4 Å². The highest BCUT2D eigenvalue weighted by atomic mass is 16.5. The summed E-state index contributed by atoms with van der Waals surface area (Å²) in [6.07, 6.45) is -1.01. The summed E-state index contributed by atoms with van der Waals surface area (Å²) in [5.41, 5.74) is 1.15. The molecular weight excluding hydrogens is 312 g/mol.